The van der Waals surface area contributed by atoms with E-state index in [0.29, 0.717) is 22.1 Å². The Morgan fingerprint density at radius 2 is 1.94 bits per heavy atom. The summed E-state index contributed by atoms with van der Waals surface area (Å²) in [5.41, 5.74) is 8.57. The normalized spacial score (nSPS) is 10.3. The van der Waals surface area contributed by atoms with Gasteiger partial charge < -0.3 is 11.1 Å². The van der Waals surface area contributed by atoms with Crippen molar-refractivity contribution in [3.8, 4) is 0 Å². The number of nitrogens with two attached hydrogens (primary N) is 1. The average molecular weight is 251 g/mol. The van der Waals surface area contributed by atoms with Crippen LogP contribution in [0.3, 0.4) is 0 Å². The Hall–Kier alpha value is -1.74. The Balaban J connectivity index is 2.38. The van der Waals surface area contributed by atoms with Crippen LogP contribution in [0.4, 0.5) is 21.5 Å². The summed E-state index contributed by atoms with van der Waals surface area (Å²) < 4.78 is 13.1. The first-order chi connectivity index (χ1) is 8.08. The first-order valence-electron chi connectivity index (χ1n) is 5.15. The number of nitrogen functional groups attached to an aromatic ring is 1. The van der Waals surface area contributed by atoms with Crippen LogP contribution in [-0.2, 0) is 0 Å². The van der Waals surface area contributed by atoms with Crippen molar-refractivity contribution in [3.05, 3.63) is 52.8 Å². The topological polar surface area (TPSA) is 38.0 Å². The first-order valence-corrected chi connectivity index (χ1v) is 5.53. The highest BCUT2D eigenvalue weighted by molar-refractivity contribution is 6.33. The smallest absolute Gasteiger partial charge is 0.125 e. The summed E-state index contributed by atoms with van der Waals surface area (Å²) in [4.78, 5) is 0. The van der Waals surface area contributed by atoms with Crippen LogP contribution < -0.4 is 11.1 Å². The third-order valence-corrected chi connectivity index (χ3v) is 2.85. The number of hydrogen-bond acceptors (Lipinski definition) is 2. The van der Waals surface area contributed by atoms with Gasteiger partial charge in [0.05, 0.1) is 16.4 Å². The Bertz CT molecular complexity index is 555. The number of rotatable bonds is 2. The summed E-state index contributed by atoms with van der Waals surface area (Å²) in [5, 5.41) is 3.55. The molecule has 2 aromatic rings. The Morgan fingerprint density at radius 1 is 1.18 bits per heavy atom. The van der Waals surface area contributed by atoms with E-state index in [1.165, 1.54) is 12.1 Å². The minimum atomic E-state index is -0.293. The van der Waals surface area contributed by atoms with Crippen molar-refractivity contribution in [1.82, 2.24) is 0 Å². The van der Waals surface area contributed by atoms with Crippen LogP contribution in [0.25, 0.3) is 0 Å². The molecule has 0 unspecified atom stereocenters. The summed E-state index contributed by atoms with van der Waals surface area (Å²) in [6.07, 6.45) is 0. The minimum Gasteiger partial charge on any atom is -0.396 e. The molecular formula is C13H12ClFN2. The highest BCUT2D eigenvalue weighted by Crippen LogP contribution is 2.30. The summed E-state index contributed by atoms with van der Waals surface area (Å²) in [7, 11) is 0. The second kappa shape index (κ2) is 4.63. The number of nitrogens with one attached hydrogen (secondary N) is 1. The summed E-state index contributed by atoms with van der Waals surface area (Å²) in [6, 6.07) is 9.84. The Morgan fingerprint density at radius 3 is 2.71 bits per heavy atom. The second-order valence-electron chi connectivity index (χ2n) is 3.79. The van der Waals surface area contributed by atoms with Gasteiger partial charge in [0, 0.05) is 5.69 Å². The van der Waals surface area contributed by atoms with E-state index in [-0.39, 0.29) is 5.82 Å². The fourth-order valence-electron chi connectivity index (χ4n) is 1.52. The van der Waals surface area contributed by atoms with Crippen LogP contribution >= 0.6 is 11.6 Å². The van der Waals surface area contributed by atoms with Gasteiger partial charge in [0.15, 0.2) is 0 Å². The van der Waals surface area contributed by atoms with Gasteiger partial charge in [-0.2, -0.15) is 0 Å². The van der Waals surface area contributed by atoms with Crippen molar-refractivity contribution in [2.24, 2.45) is 0 Å². The monoisotopic (exact) mass is 250 g/mol. The van der Waals surface area contributed by atoms with Crippen LogP contribution in [0.15, 0.2) is 36.4 Å². The van der Waals surface area contributed by atoms with Gasteiger partial charge in [0.2, 0.25) is 0 Å². The number of para-hydroxylation sites is 1. The molecular weight excluding hydrogens is 239 g/mol. The van der Waals surface area contributed by atoms with Gasteiger partial charge in [-0.05, 0) is 36.8 Å². The van der Waals surface area contributed by atoms with E-state index in [4.69, 9.17) is 17.3 Å². The number of anilines is 3. The Kier molecular flexibility index (Phi) is 3.20. The van der Waals surface area contributed by atoms with E-state index < -0.39 is 0 Å². The molecule has 3 N–H and O–H groups in total. The first kappa shape index (κ1) is 11.7. The fourth-order valence-corrected chi connectivity index (χ4v) is 1.69. The molecule has 0 bridgehead atoms. The highest BCUT2D eigenvalue weighted by Gasteiger charge is 2.05. The van der Waals surface area contributed by atoms with E-state index in [9.17, 15) is 4.39 Å². The third kappa shape index (κ3) is 2.50. The standard InChI is InChI=1S/C13H12ClFN2/c1-8-5-6-9(15)7-12(8)17-11-4-2-3-10(14)13(11)16/h2-7,17H,16H2,1H3. The van der Waals surface area contributed by atoms with Crippen molar-refractivity contribution in [2.75, 3.05) is 11.1 Å². The lowest BCUT2D eigenvalue weighted by Gasteiger charge is -2.12. The van der Waals surface area contributed by atoms with E-state index in [2.05, 4.69) is 5.32 Å². The zero-order valence-electron chi connectivity index (χ0n) is 9.30. The predicted molar refractivity (Wildman–Crippen MR) is 70.3 cm³/mol. The van der Waals surface area contributed by atoms with E-state index in [1.807, 2.05) is 6.92 Å². The molecule has 0 spiro atoms. The van der Waals surface area contributed by atoms with Crippen LogP contribution in [0.1, 0.15) is 5.56 Å². The molecule has 0 fully saturated rings. The molecule has 0 amide bonds. The molecule has 0 radical (unpaired) electrons. The molecule has 88 valence electrons. The van der Waals surface area contributed by atoms with E-state index in [0.717, 1.165) is 5.56 Å². The highest BCUT2D eigenvalue weighted by atomic mass is 35.5. The molecule has 0 aliphatic rings. The molecule has 17 heavy (non-hydrogen) atoms. The zero-order valence-corrected chi connectivity index (χ0v) is 10.1. The molecule has 2 nitrogen and oxygen atoms in total. The van der Waals surface area contributed by atoms with Gasteiger partial charge in [-0.3, -0.25) is 0 Å². The van der Waals surface area contributed by atoms with Crippen LogP contribution in [0.2, 0.25) is 5.02 Å². The molecule has 0 heterocycles. The van der Waals surface area contributed by atoms with Crippen molar-refractivity contribution < 1.29 is 4.39 Å². The fraction of sp³-hybridized carbons (Fsp3) is 0.0769. The maximum atomic E-state index is 13.1. The lowest BCUT2D eigenvalue weighted by atomic mass is 10.2. The summed E-state index contributed by atoms with van der Waals surface area (Å²) >= 11 is 5.91. The van der Waals surface area contributed by atoms with Gasteiger partial charge in [-0.25, -0.2) is 4.39 Å². The average Bonchev–Trinajstić information content (AvgIpc) is 2.30. The van der Waals surface area contributed by atoms with Gasteiger partial charge in [-0.15, -0.1) is 0 Å². The van der Waals surface area contributed by atoms with Crippen LogP contribution in [0, 0.1) is 12.7 Å². The number of hydrogen-bond donors (Lipinski definition) is 2. The quantitative estimate of drug-likeness (QED) is 0.787. The van der Waals surface area contributed by atoms with Crippen LogP contribution in [-0.4, -0.2) is 0 Å². The van der Waals surface area contributed by atoms with Crippen molar-refractivity contribution in [1.29, 1.82) is 0 Å². The molecule has 0 aromatic heterocycles. The lowest BCUT2D eigenvalue weighted by Crippen LogP contribution is -1.98. The van der Waals surface area contributed by atoms with Gasteiger partial charge >= 0.3 is 0 Å². The molecule has 0 saturated heterocycles. The number of benzene rings is 2. The van der Waals surface area contributed by atoms with Crippen molar-refractivity contribution in [3.63, 3.8) is 0 Å². The number of aryl methyl sites for hydroxylation is 1. The van der Waals surface area contributed by atoms with E-state index >= 15 is 0 Å². The largest absolute Gasteiger partial charge is 0.396 e. The van der Waals surface area contributed by atoms with Crippen LogP contribution in [0.5, 0.6) is 0 Å². The van der Waals surface area contributed by atoms with Crippen molar-refractivity contribution >= 4 is 28.7 Å². The molecule has 4 heteroatoms. The molecule has 0 aliphatic heterocycles. The third-order valence-electron chi connectivity index (χ3n) is 2.52. The molecule has 2 rings (SSSR count). The van der Waals surface area contributed by atoms with E-state index in [1.54, 1.807) is 24.3 Å². The maximum absolute atomic E-state index is 13.1. The zero-order chi connectivity index (χ0) is 12.4. The van der Waals surface area contributed by atoms with Gasteiger partial charge in [0.25, 0.3) is 0 Å². The summed E-state index contributed by atoms with van der Waals surface area (Å²) in [5.74, 6) is -0.293. The minimum absolute atomic E-state index is 0.293. The Labute approximate surface area is 104 Å². The molecule has 0 atom stereocenters. The SMILES string of the molecule is Cc1ccc(F)cc1Nc1cccc(Cl)c1N. The molecule has 0 aliphatic carbocycles. The predicted octanol–water partition coefficient (Wildman–Crippen LogP) is 4.11. The summed E-state index contributed by atoms with van der Waals surface area (Å²) in [6.45, 7) is 1.89. The molecule has 0 saturated carbocycles. The van der Waals surface area contributed by atoms with Gasteiger partial charge in [0.1, 0.15) is 5.82 Å². The number of halogens is 2. The second-order valence-corrected chi connectivity index (χ2v) is 4.19. The maximum Gasteiger partial charge on any atom is 0.125 e. The van der Waals surface area contributed by atoms with Crippen molar-refractivity contribution in [2.45, 2.75) is 6.92 Å². The van der Waals surface area contributed by atoms with Gasteiger partial charge in [-0.1, -0.05) is 23.7 Å². The lowest BCUT2D eigenvalue weighted by molar-refractivity contribution is 0.628. The molecule has 2 aromatic carbocycles.